The Balaban J connectivity index is 2.07. The van der Waals surface area contributed by atoms with Crippen molar-refractivity contribution in [2.45, 2.75) is 9.92 Å². The molecule has 3 N–H and O–H groups in total. The van der Waals surface area contributed by atoms with E-state index in [1.165, 1.54) is 18.5 Å². The van der Waals surface area contributed by atoms with Gasteiger partial charge in [-0.2, -0.15) is 4.98 Å². The van der Waals surface area contributed by atoms with Gasteiger partial charge >= 0.3 is 0 Å². The molecule has 0 atom stereocenters. The molecule has 0 fully saturated rings. The number of imidazole rings is 1. The fourth-order valence-electron chi connectivity index (χ4n) is 1.56. The number of hydrogen-bond acceptors (Lipinski definition) is 5. The van der Waals surface area contributed by atoms with Crippen LogP contribution in [0.3, 0.4) is 0 Å². The molecule has 19 heavy (non-hydrogen) atoms. The molecule has 0 amide bonds. The van der Waals surface area contributed by atoms with Crippen LogP contribution in [0.5, 0.6) is 0 Å². The highest BCUT2D eigenvalue weighted by molar-refractivity contribution is 7.99. The lowest BCUT2D eigenvalue weighted by molar-refractivity contribution is 0.565. The van der Waals surface area contributed by atoms with Gasteiger partial charge in [0.05, 0.1) is 6.33 Å². The highest BCUT2D eigenvalue weighted by Crippen LogP contribution is 2.32. The minimum absolute atomic E-state index is 0.0459. The van der Waals surface area contributed by atoms with E-state index < -0.39 is 11.6 Å². The Bertz CT molecular complexity index is 758. The van der Waals surface area contributed by atoms with Gasteiger partial charge in [0.25, 0.3) is 0 Å². The highest BCUT2D eigenvalue weighted by atomic mass is 32.2. The Labute approximate surface area is 110 Å². The summed E-state index contributed by atoms with van der Waals surface area (Å²) in [5.74, 6) is -1.24. The molecule has 2 heterocycles. The molecule has 0 radical (unpaired) electrons. The number of H-pyrrole nitrogens is 1. The zero-order valence-corrected chi connectivity index (χ0v) is 10.2. The van der Waals surface area contributed by atoms with Crippen molar-refractivity contribution in [3.8, 4) is 0 Å². The zero-order valence-electron chi connectivity index (χ0n) is 9.39. The third-order valence-electron chi connectivity index (χ3n) is 2.37. The molecule has 2 aromatic heterocycles. The molecule has 0 aliphatic carbocycles. The van der Waals surface area contributed by atoms with Gasteiger partial charge < -0.3 is 10.7 Å². The Morgan fingerprint density at radius 1 is 1.21 bits per heavy atom. The summed E-state index contributed by atoms with van der Waals surface area (Å²) in [7, 11) is 0. The van der Waals surface area contributed by atoms with Gasteiger partial charge in [-0.3, -0.25) is 0 Å². The molecular formula is C11H7F2N5S. The van der Waals surface area contributed by atoms with Crippen molar-refractivity contribution in [3.63, 3.8) is 0 Å². The van der Waals surface area contributed by atoms with Gasteiger partial charge in [-0.25, -0.2) is 18.7 Å². The SMILES string of the molecule is Nc1nc(Sc2ccc(F)cc2F)c2[nH]cnc2n1. The largest absolute Gasteiger partial charge is 0.368 e. The maximum atomic E-state index is 13.6. The summed E-state index contributed by atoms with van der Waals surface area (Å²) in [5, 5.41) is 0.436. The molecule has 3 aromatic rings. The molecule has 0 unspecified atom stereocenters. The molecule has 1 aromatic carbocycles. The van der Waals surface area contributed by atoms with E-state index in [2.05, 4.69) is 19.9 Å². The fraction of sp³-hybridized carbons (Fsp3) is 0. The standard InChI is InChI=1S/C11H7F2N5S/c12-5-1-2-7(6(13)3-5)19-10-8-9(16-4-15-8)17-11(14)18-10/h1-4H,(H3,14,15,16,17,18). The third-order valence-corrected chi connectivity index (χ3v) is 3.41. The number of nitrogens with two attached hydrogens (primary N) is 1. The molecule has 3 rings (SSSR count). The zero-order chi connectivity index (χ0) is 13.4. The van der Waals surface area contributed by atoms with Gasteiger partial charge in [0.2, 0.25) is 5.95 Å². The van der Waals surface area contributed by atoms with Crippen LogP contribution >= 0.6 is 11.8 Å². The van der Waals surface area contributed by atoms with Crippen molar-refractivity contribution in [2.24, 2.45) is 0 Å². The van der Waals surface area contributed by atoms with E-state index in [9.17, 15) is 8.78 Å². The van der Waals surface area contributed by atoms with Gasteiger partial charge in [-0.15, -0.1) is 0 Å². The lowest BCUT2D eigenvalue weighted by Crippen LogP contribution is -1.97. The average Bonchev–Trinajstić information content (AvgIpc) is 2.80. The Hall–Kier alpha value is -2.22. The summed E-state index contributed by atoms with van der Waals surface area (Å²) in [6.45, 7) is 0. The molecule has 96 valence electrons. The normalized spacial score (nSPS) is 11.1. The number of halogens is 2. The van der Waals surface area contributed by atoms with Crippen molar-refractivity contribution >= 4 is 28.9 Å². The second-order valence-corrected chi connectivity index (χ2v) is 4.70. The van der Waals surface area contributed by atoms with Crippen molar-refractivity contribution in [3.05, 3.63) is 36.2 Å². The molecule has 0 spiro atoms. The van der Waals surface area contributed by atoms with Crippen LogP contribution in [0.2, 0.25) is 0 Å². The minimum Gasteiger partial charge on any atom is -0.368 e. The first-order chi connectivity index (χ1) is 9.13. The van der Waals surface area contributed by atoms with Gasteiger partial charge in [0.1, 0.15) is 22.2 Å². The van der Waals surface area contributed by atoms with Crippen LogP contribution in [0.4, 0.5) is 14.7 Å². The van der Waals surface area contributed by atoms with Crippen LogP contribution in [0, 0.1) is 11.6 Å². The Morgan fingerprint density at radius 2 is 2.05 bits per heavy atom. The summed E-state index contributed by atoms with van der Waals surface area (Å²) in [5.41, 5.74) is 6.52. The first-order valence-corrected chi connectivity index (χ1v) is 6.04. The smallest absolute Gasteiger partial charge is 0.223 e. The second kappa shape index (κ2) is 4.47. The van der Waals surface area contributed by atoms with E-state index in [0.717, 1.165) is 17.8 Å². The predicted octanol–water partition coefficient (Wildman–Crippen LogP) is 2.36. The number of nitrogen functional groups attached to an aromatic ring is 1. The van der Waals surface area contributed by atoms with Gasteiger partial charge in [-0.1, -0.05) is 11.8 Å². The van der Waals surface area contributed by atoms with E-state index in [0.29, 0.717) is 16.2 Å². The third kappa shape index (κ3) is 2.22. The lowest BCUT2D eigenvalue weighted by Gasteiger charge is -2.04. The Morgan fingerprint density at radius 3 is 2.84 bits per heavy atom. The van der Waals surface area contributed by atoms with E-state index >= 15 is 0 Å². The van der Waals surface area contributed by atoms with Crippen molar-refractivity contribution in [1.29, 1.82) is 0 Å². The number of rotatable bonds is 2. The number of hydrogen-bond donors (Lipinski definition) is 2. The number of aromatic nitrogens is 4. The van der Waals surface area contributed by atoms with E-state index in [-0.39, 0.29) is 10.8 Å². The lowest BCUT2D eigenvalue weighted by atomic mass is 10.3. The fourth-order valence-corrected chi connectivity index (χ4v) is 2.45. The number of nitrogens with zero attached hydrogens (tertiary/aromatic N) is 3. The summed E-state index contributed by atoms with van der Waals surface area (Å²) in [4.78, 5) is 15.0. The molecule has 0 aliphatic heterocycles. The average molecular weight is 279 g/mol. The number of nitrogens with one attached hydrogen (secondary N) is 1. The van der Waals surface area contributed by atoms with Gasteiger partial charge in [0, 0.05) is 11.0 Å². The predicted molar refractivity (Wildman–Crippen MR) is 66.6 cm³/mol. The van der Waals surface area contributed by atoms with E-state index in [4.69, 9.17) is 5.73 Å². The molecule has 0 aliphatic rings. The van der Waals surface area contributed by atoms with E-state index in [1.54, 1.807) is 0 Å². The van der Waals surface area contributed by atoms with Crippen LogP contribution in [-0.4, -0.2) is 19.9 Å². The van der Waals surface area contributed by atoms with Crippen LogP contribution < -0.4 is 5.73 Å². The minimum atomic E-state index is -0.658. The van der Waals surface area contributed by atoms with Crippen molar-refractivity contribution < 1.29 is 8.78 Å². The molecule has 8 heteroatoms. The highest BCUT2D eigenvalue weighted by Gasteiger charge is 2.12. The summed E-state index contributed by atoms with van der Waals surface area (Å²) >= 11 is 1.03. The molecule has 0 saturated carbocycles. The van der Waals surface area contributed by atoms with Crippen LogP contribution in [0.15, 0.2) is 34.4 Å². The van der Waals surface area contributed by atoms with Crippen LogP contribution in [0.1, 0.15) is 0 Å². The summed E-state index contributed by atoms with van der Waals surface area (Å²) < 4.78 is 26.4. The molecule has 5 nitrogen and oxygen atoms in total. The summed E-state index contributed by atoms with van der Waals surface area (Å²) in [6.07, 6.45) is 1.45. The van der Waals surface area contributed by atoms with Crippen molar-refractivity contribution in [2.75, 3.05) is 5.73 Å². The first-order valence-electron chi connectivity index (χ1n) is 5.23. The molecular weight excluding hydrogens is 272 g/mol. The molecule has 0 saturated heterocycles. The number of anilines is 1. The number of fused-ring (bicyclic) bond motifs is 1. The number of aromatic amines is 1. The maximum absolute atomic E-state index is 13.6. The maximum Gasteiger partial charge on any atom is 0.223 e. The van der Waals surface area contributed by atoms with Crippen LogP contribution in [0.25, 0.3) is 11.2 Å². The summed E-state index contributed by atoms with van der Waals surface area (Å²) in [6, 6.07) is 3.34. The number of benzene rings is 1. The van der Waals surface area contributed by atoms with Gasteiger partial charge in [0.15, 0.2) is 5.65 Å². The van der Waals surface area contributed by atoms with E-state index in [1.807, 2.05) is 0 Å². The second-order valence-electron chi connectivity index (χ2n) is 3.66. The monoisotopic (exact) mass is 279 g/mol. The Kier molecular flexibility index (Phi) is 2.79. The quantitative estimate of drug-likeness (QED) is 0.704. The first kappa shape index (κ1) is 11.8. The van der Waals surface area contributed by atoms with Gasteiger partial charge in [-0.05, 0) is 12.1 Å². The molecule has 0 bridgehead atoms. The van der Waals surface area contributed by atoms with Crippen molar-refractivity contribution in [1.82, 2.24) is 19.9 Å². The topological polar surface area (TPSA) is 80.5 Å². The van der Waals surface area contributed by atoms with Crippen LogP contribution in [-0.2, 0) is 0 Å².